The van der Waals surface area contributed by atoms with E-state index in [0.717, 1.165) is 11.1 Å². The maximum atomic E-state index is 12.1. The normalized spacial score (nSPS) is 12.8. The Hall–Kier alpha value is -2.70. The number of carbonyl (C=O) groups is 2. The van der Waals surface area contributed by atoms with Crippen LogP contribution < -0.4 is 10.6 Å². The highest BCUT2D eigenvalue weighted by Gasteiger charge is 2.18. The third kappa shape index (κ3) is 7.60. The first-order chi connectivity index (χ1) is 13.1. The Morgan fingerprint density at radius 3 is 1.41 bits per heavy atom. The molecule has 0 spiro atoms. The van der Waals surface area contributed by atoms with Crippen LogP contribution in [0, 0.1) is 0 Å². The van der Waals surface area contributed by atoms with Gasteiger partial charge in [0.1, 0.15) is 6.42 Å². The molecule has 4 N–H and O–H groups in total. The predicted molar refractivity (Wildman–Crippen MR) is 103 cm³/mol. The first kappa shape index (κ1) is 20.6. The van der Waals surface area contributed by atoms with Crippen LogP contribution in [0.3, 0.4) is 0 Å². The number of nitrogens with one attached hydrogen (secondary N) is 2. The van der Waals surface area contributed by atoms with Gasteiger partial charge in [-0.05, 0) is 24.0 Å². The van der Waals surface area contributed by atoms with Gasteiger partial charge in [0.15, 0.2) is 0 Å². The second kappa shape index (κ2) is 11.1. The van der Waals surface area contributed by atoms with Crippen LogP contribution in [0.4, 0.5) is 0 Å². The van der Waals surface area contributed by atoms with Crippen molar-refractivity contribution < 1.29 is 19.8 Å². The average molecular weight is 370 g/mol. The number of carbonyl (C=O) groups excluding carboxylic acids is 2. The van der Waals surface area contributed by atoms with Crippen LogP contribution in [0.25, 0.3) is 0 Å². The Bertz CT molecular complexity index is 645. The summed E-state index contributed by atoms with van der Waals surface area (Å²) < 4.78 is 0. The summed E-state index contributed by atoms with van der Waals surface area (Å²) in [7, 11) is 0. The monoisotopic (exact) mass is 370 g/mol. The van der Waals surface area contributed by atoms with Crippen molar-refractivity contribution in [3.8, 4) is 0 Å². The lowest BCUT2D eigenvalue weighted by atomic mass is 10.1. The van der Waals surface area contributed by atoms with E-state index in [1.165, 1.54) is 0 Å². The summed E-state index contributed by atoms with van der Waals surface area (Å²) in [5.41, 5.74) is 1.98. The Kier molecular flexibility index (Phi) is 8.48. The molecule has 2 aromatic rings. The molecule has 0 fully saturated rings. The van der Waals surface area contributed by atoms with E-state index in [9.17, 15) is 19.8 Å². The number of benzene rings is 2. The maximum absolute atomic E-state index is 12.1. The molecule has 2 aromatic carbocycles. The standard InChI is InChI=1S/C21H26N2O4/c24-14-18(11-16-7-3-1-4-8-16)22-20(26)13-21(27)23-19(15-25)12-17-9-5-2-6-10-17/h1-10,18-19,24-25H,11-15H2,(H,22,26)(H,23,27). The third-order valence-electron chi connectivity index (χ3n) is 4.14. The van der Waals surface area contributed by atoms with Crippen molar-refractivity contribution in [2.45, 2.75) is 31.3 Å². The first-order valence-corrected chi connectivity index (χ1v) is 8.99. The van der Waals surface area contributed by atoms with Gasteiger partial charge in [0, 0.05) is 0 Å². The number of amides is 2. The van der Waals surface area contributed by atoms with E-state index in [2.05, 4.69) is 10.6 Å². The molecule has 0 aliphatic rings. The van der Waals surface area contributed by atoms with Crippen LogP contribution in [0.1, 0.15) is 17.5 Å². The fourth-order valence-corrected chi connectivity index (χ4v) is 2.82. The predicted octanol–water partition coefficient (Wildman–Crippen LogP) is 0.816. The molecule has 144 valence electrons. The highest BCUT2D eigenvalue weighted by Crippen LogP contribution is 2.04. The summed E-state index contributed by atoms with van der Waals surface area (Å²) in [6, 6.07) is 18.1. The van der Waals surface area contributed by atoms with Crippen molar-refractivity contribution in [3.63, 3.8) is 0 Å². The zero-order chi connectivity index (χ0) is 19.5. The van der Waals surface area contributed by atoms with E-state index in [1.54, 1.807) is 0 Å². The van der Waals surface area contributed by atoms with E-state index in [1.807, 2.05) is 60.7 Å². The van der Waals surface area contributed by atoms with Gasteiger partial charge in [-0.1, -0.05) is 60.7 Å². The maximum Gasteiger partial charge on any atom is 0.229 e. The number of hydrogen-bond donors (Lipinski definition) is 4. The molecule has 0 radical (unpaired) electrons. The van der Waals surface area contributed by atoms with Gasteiger partial charge in [-0.15, -0.1) is 0 Å². The largest absolute Gasteiger partial charge is 0.394 e. The van der Waals surface area contributed by atoms with Crippen molar-refractivity contribution in [2.24, 2.45) is 0 Å². The number of rotatable bonds is 10. The van der Waals surface area contributed by atoms with Gasteiger partial charge in [-0.2, -0.15) is 0 Å². The van der Waals surface area contributed by atoms with Gasteiger partial charge >= 0.3 is 0 Å². The molecule has 2 atom stereocenters. The van der Waals surface area contributed by atoms with E-state index in [4.69, 9.17) is 0 Å². The van der Waals surface area contributed by atoms with Crippen LogP contribution in [-0.2, 0) is 22.4 Å². The summed E-state index contributed by atoms with van der Waals surface area (Å²) >= 11 is 0. The van der Waals surface area contributed by atoms with E-state index >= 15 is 0 Å². The lowest BCUT2D eigenvalue weighted by molar-refractivity contribution is -0.130. The average Bonchev–Trinajstić information content (AvgIpc) is 2.68. The smallest absolute Gasteiger partial charge is 0.229 e. The Morgan fingerprint density at radius 1 is 0.704 bits per heavy atom. The van der Waals surface area contributed by atoms with Crippen molar-refractivity contribution in [1.29, 1.82) is 0 Å². The van der Waals surface area contributed by atoms with Crippen LogP contribution in [0.15, 0.2) is 60.7 Å². The summed E-state index contributed by atoms with van der Waals surface area (Å²) in [5, 5.41) is 24.3. The van der Waals surface area contributed by atoms with Gasteiger partial charge in [-0.3, -0.25) is 9.59 Å². The van der Waals surface area contributed by atoms with Crippen LogP contribution in [0.5, 0.6) is 0 Å². The second-order valence-electron chi connectivity index (χ2n) is 6.45. The van der Waals surface area contributed by atoms with Crippen molar-refractivity contribution >= 4 is 11.8 Å². The van der Waals surface area contributed by atoms with Gasteiger partial charge in [0.2, 0.25) is 11.8 Å². The van der Waals surface area contributed by atoms with Gasteiger partial charge in [-0.25, -0.2) is 0 Å². The molecule has 0 bridgehead atoms. The lowest BCUT2D eigenvalue weighted by Crippen LogP contribution is -2.44. The molecule has 0 saturated carbocycles. The van der Waals surface area contributed by atoms with Crippen molar-refractivity contribution in [3.05, 3.63) is 71.8 Å². The minimum Gasteiger partial charge on any atom is -0.394 e. The SMILES string of the molecule is O=C(CC(=O)NC(CO)Cc1ccccc1)NC(CO)Cc1ccccc1. The number of aliphatic hydroxyl groups excluding tert-OH is 2. The minimum absolute atomic E-state index is 0.213. The molecule has 2 unspecified atom stereocenters. The zero-order valence-electron chi connectivity index (χ0n) is 15.2. The Labute approximate surface area is 159 Å². The fourth-order valence-electron chi connectivity index (χ4n) is 2.82. The topological polar surface area (TPSA) is 98.7 Å². The lowest BCUT2D eigenvalue weighted by Gasteiger charge is -2.18. The molecule has 0 aliphatic heterocycles. The summed E-state index contributed by atoms with van der Waals surface area (Å²) in [4.78, 5) is 24.2. The second-order valence-corrected chi connectivity index (χ2v) is 6.45. The molecule has 2 amide bonds. The van der Waals surface area contributed by atoms with Gasteiger partial charge in [0.05, 0.1) is 25.3 Å². The number of hydrogen-bond acceptors (Lipinski definition) is 4. The van der Waals surface area contributed by atoms with Crippen LogP contribution in [0.2, 0.25) is 0 Å². The molecule has 6 nitrogen and oxygen atoms in total. The molecular formula is C21H26N2O4. The molecule has 2 rings (SSSR count). The summed E-state index contributed by atoms with van der Waals surface area (Å²) in [5.74, 6) is -0.919. The molecule has 0 aromatic heterocycles. The third-order valence-corrected chi connectivity index (χ3v) is 4.14. The summed E-state index contributed by atoms with van der Waals surface area (Å²) in [6.45, 7) is -0.426. The number of aliphatic hydroxyl groups is 2. The zero-order valence-corrected chi connectivity index (χ0v) is 15.2. The molecule has 0 aliphatic carbocycles. The summed E-state index contributed by atoms with van der Waals surface area (Å²) in [6.07, 6.45) is 0.618. The Balaban J connectivity index is 1.80. The van der Waals surface area contributed by atoms with Gasteiger partial charge in [0.25, 0.3) is 0 Å². The van der Waals surface area contributed by atoms with Gasteiger partial charge < -0.3 is 20.8 Å². The molecule has 6 heteroatoms. The molecular weight excluding hydrogens is 344 g/mol. The fraction of sp³-hybridized carbons (Fsp3) is 0.333. The van der Waals surface area contributed by atoms with Crippen LogP contribution >= 0.6 is 0 Å². The molecule has 0 saturated heterocycles. The Morgan fingerprint density at radius 2 is 1.07 bits per heavy atom. The van der Waals surface area contributed by atoms with Crippen LogP contribution in [-0.4, -0.2) is 47.3 Å². The van der Waals surface area contributed by atoms with E-state index in [0.29, 0.717) is 12.8 Å². The highest BCUT2D eigenvalue weighted by molar-refractivity contribution is 5.97. The molecule has 0 heterocycles. The molecule has 27 heavy (non-hydrogen) atoms. The van der Waals surface area contributed by atoms with Crippen molar-refractivity contribution in [1.82, 2.24) is 10.6 Å². The first-order valence-electron chi connectivity index (χ1n) is 8.99. The van der Waals surface area contributed by atoms with Crippen molar-refractivity contribution in [2.75, 3.05) is 13.2 Å². The van der Waals surface area contributed by atoms with E-state index in [-0.39, 0.29) is 19.6 Å². The minimum atomic E-state index is -0.459. The quantitative estimate of drug-likeness (QED) is 0.465. The van der Waals surface area contributed by atoms with E-state index < -0.39 is 23.9 Å². The highest BCUT2D eigenvalue weighted by atomic mass is 16.3.